The monoisotopic (exact) mass is 259 g/mol. The van der Waals surface area contributed by atoms with Gasteiger partial charge < -0.3 is 4.74 Å². The van der Waals surface area contributed by atoms with Gasteiger partial charge in [0.25, 0.3) is 5.91 Å². The Bertz CT molecular complexity index is 600. The summed E-state index contributed by atoms with van der Waals surface area (Å²) in [5.74, 6) is 0.107. The first-order chi connectivity index (χ1) is 10.0. The van der Waals surface area contributed by atoms with Crippen molar-refractivity contribution in [3.63, 3.8) is 0 Å². The maximum Gasteiger partial charge on any atom is 0.274 e. The third-order valence-electron chi connectivity index (χ3n) is 2.44. The minimum atomic E-state index is -2.14. The van der Waals surface area contributed by atoms with E-state index in [0.29, 0.717) is 11.3 Å². The molecule has 0 aromatic heterocycles. The predicted octanol–water partition coefficient (Wildman–Crippen LogP) is 2.56. The molecule has 2 rings (SSSR count). The molecule has 98 valence electrons. The third-order valence-corrected chi connectivity index (χ3v) is 2.44. The summed E-state index contributed by atoms with van der Waals surface area (Å²) in [5, 5.41) is 0. The predicted molar refractivity (Wildman–Crippen MR) is 71.7 cm³/mol. The zero-order valence-electron chi connectivity index (χ0n) is 12.4. The molecule has 19 heavy (non-hydrogen) atoms. The summed E-state index contributed by atoms with van der Waals surface area (Å²) >= 11 is 0. The van der Waals surface area contributed by atoms with Gasteiger partial charge in [0.05, 0.1) is 16.4 Å². The van der Waals surface area contributed by atoms with Gasteiger partial charge in [-0.05, 0) is 29.8 Å². The second-order valence-corrected chi connectivity index (χ2v) is 3.73. The van der Waals surface area contributed by atoms with Crippen molar-refractivity contribution >= 4 is 5.91 Å². The number of ether oxygens (including phenoxy) is 1. The van der Waals surface area contributed by atoms with Gasteiger partial charge in [-0.2, -0.15) is 0 Å². The molecule has 1 amide bonds. The molecule has 2 aromatic rings. The van der Waals surface area contributed by atoms with Crippen molar-refractivity contribution in [2.45, 2.75) is 6.56 Å². The summed E-state index contributed by atoms with van der Waals surface area (Å²) in [6.45, 7) is -2.14. The normalized spacial score (nSPS) is 12.3. The van der Waals surface area contributed by atoms with Crippen molar-refractivity contribution in [3.05, 3.63) is 65.7 Å². The van der Waals surface area contributed by atoms with Crippen LogP contribution in [-0.2, 0) is 11.4 Å². The first-order valence-electron chi connectivity index (χ1n) is 6.71. The molecular formula is C15H15NO3. The molecule has 0 aliphatic carbocycles. The third kappa shape index (κ3) is 3.82. The summed E-state index contributed by atoms with van der Waals surface area (Å²) in [5.41, 5.74) is 2.79. The number of amides is 1. The SMILES string of the molecule is [2H]C([2H])(ONC(=O)c1ccccc1)c1ccc(OC)cc1. The lowest BCUT2D eigenvalue weighted by molar-refractivity contribution is 0.0233. The van der Waals surface area contributed by atoms with Crippen LogP contribution in [0.4, 0.5) is 0 Å². The molecule has 0 aliphatic rings. The van der Waals surface area contributed by atoms with Gasteiger partial charge in [0.15, 0.2) is 0 Å². The zero-order valence-corrected chi connectivity index (χ0v) is 10.4. The first kappa shape index (κ1) is 10.6. The van der Waals surface area contributed by atoms with E-state index in [-0.39, 0.29) is 5.56 Å². The minimum Gasteiger partial charge on any atom is -0.497 e. The fourth-order valence-corrected chi connectivity index (χ4v) is 1.44. The molecule has 0 heterocycles. The molecular weight excluding hydrogens is 242 g/mol. The van der Waals surface area contributed by atoms with Crippen molar-refractivity contribution in [3.8, 4) is 5.75 Å². The summed E-state index contributed by atoms with van der Waals surface area (Å²) in [6, 6.07) is 14.8. The fraction of sp³-hybridized carbons (Fsp3) is 0.133. The average molecular weight is 259 g/mol. The van der Waals surface area contributed by atoms with Gasteiger partial charge in [-0.3, -0.25) is 9.63 Å². The lowest BCUT2D eigenvalue weighted by atomic mass is 10.2. The van der Waals surface area contributed by atoms with Crippen molar-refractivity contribution < 1.29 is 17.1 Å². The van der Waals surface area contributed by atoms with Crippen LogP contribution in [0.15, 0.2) is 54.6 Å². The Hall–Kier alpha value is -2.33. The highest BCUT2D eigenvalue weighted by Crippen LogP contribution is 2.11. The van der Waals surface area contributed by atoms with E-state index in [2.05, 4.69) is 5.48 Å². The standard InChI is InChI=1S/C15H15NO3/c1-18-14-9-7-12(8-10-14)11-19-16-15(17)13-5-3-2-4-6-13/h2-10H,11H2,1H3,(H,16,17)/i11D2. The molecule has 0 bridgehead atoms. The first-order valence-corrected chi connectivity index (χ1v) is 5.71. The summed E-state index contributed by atoms with van der Waals surface area (Å²) in [7, 11) is 1.53. The van der Waals surface area contributed by atoms with Crippen molar-refractivity contribution in [1.82, 2.24) is 5.48 Å². The van der Waals surface area contributed by atoms with Gasteiger partial charge in [-0.25, -0.2) is 5.48 Å². The van der Waals surface area contributed by atoms with E-state index in [1.165, 1.54) is 19.2 Å². The molecule has 4 heteroatoms. The number of nitrogens with one attached hydrogen (secondary N) is 1. The van der Waals surface area contributed by atoms with Gasteiger partial charge in [-0.15, -0.1) is 0 Å². The lowest BCUT2D eigenvalue weighted by Gasteiger charge is -2.06. The Morgan fingerprint density at radius 3 is 2.47 bits per heavy atom. The van der Waals surface area contributed by atoms with Crippen LogP contribution in [0.1, 0.15) is 18.7 Å². The van der Waals surface area contributed by atoms with Crippen LogP contribution >= 0.6 is 0 Å². The Balaban J connectivity index is 2.01. The van der Waals surface area contributed by atoms with E-state index in [9.17, 15) is 4.79 Å². The largest absolute Gasteiger partial charge is 0.497 e. The van der Waals surface area contributed by atoms with Crippen LogP contribution in [0.2, 0.25) is 0 Å². The number of hydrogen-bond donors (Lipinski definition) is 1. The van der Waals surface area contributed by atoms with Crippen molar-refractivity contribution in [2.24, 2.45) is 0 Å². The number of benzene rings is 2. The number of rotatable bonds is 5. The highest BCUT2D eigenvalue weighted by Gasteiger charge is 2.03. The summed E-state index contributed by atoms with van der Waals surface area (Å²) < 4.78 is 20.7. The van der Waals surface area contributed by atoms with E-state index >= 15 is 0 Å². The number of carbonyl (C=O) groups is 1. The average Bonchev–Trinajstić information content (AvgIpc) is 2.53. The van der Waals surface area contributed by atoms with E-state index in [0.717, 1.165) is 0 Å². The van der Waals surface area contributed by atoms with E-state index in [4.69, 9.17) is 12.3 Å². The molecule has 0 aliphatic heterocycles. The van der Waals surface area contributed by atoms with Gasteiger partial charge in [0.1, 0.15) is 5.75 Å². The quantitative estimate of drug-likeness (QED) is 0.839. The molecule has 1 N–H and O–H groups in total. The number of hydrogen-bond acceptors (Lipinski definition) is 3. The molecule has 2 aromatic carbocycles. The van der Waals surface area contributed by atoms with Crippen LogP contribution in [0, 0.1) is 0 Å². The van der Waals surface area contributed by atoms with Crippen molar-refractivity contribution in [2.75, 3.05) is 7.11 Å². The molecule has 0 fully saturated rings. The van der Waals surface area contributed by atoms with Gasteiger partial charge in [0.2, 0.25) is 0 Å². The maximum atomic E-state index is 11.8. The Morgan fingerprint density at radius 2 is 1.84 bits per heavy atom. The van der Waals surface area contributed by atoms with E-state index in [1.807, 2.05) is 0 Å². The van der Waals surface area contributed by atoms with E-state index < -0.39 is 12.5 Å². The minimum absolute atomic E-state index is 0.275. The zero-order chi connectivity index (χ0) is 15.3. The maximum absolute atomic E-state index is 11.8. The smallest absolute Gasteiger partial charge is 0.274 e. The number of methoxy groups -OCH3 is 1. The molecule has 0 radical (unpaired) electrons. The molecule has 0 saturated heterocycles. The lowest BCUT2D eigenvalue weighted by Crippen LogP contribution is -2.23. The van der Waals surface area contributed by atoms with Crippen molar-refractivity contribution in [1.29, 1.82) is 0 Å². The highest BCUT2D eigenvalue weighted by molar-refractivity contribution is 5.93. The molecule has 0 spiro atoms. The Kier molecular flexibility index (Phi) is 3.65. The van der Waals surface area contributed by atoms with E-state index in [1.54, 1.807) is 42.5 Å². The van der Waals surface area contributed by atoms with Crippen LogP contribution in [-0.4, -0.2) is 13.0 Å². The topological polar surface area (TPSA) is 47.6 Å². The van der Waals surface area contributed by atoms with Gasteiger partial charge in [-0.1, -0.05) is 30.3 Å². The number of hydroxylamine groups is 1. The second-order valence-electron chi connectivity index (χ2n) is 3.73. The van der Waals surface area contributed by atoms with Crippen LogP contribution < -0.4 is 10.2 Å². The van der Waals surface area contributed by atoms with Gasteiger partial charge >= 0.3 is 0 Å². The molecule has 0 saturated carbocycles. The molecule has 4 nitrogen and oxygen atoms in total. The molecule has 0 unspecified atom stereocenters. The van der Waals surface area contributed by atoms with Crippen LogP contribution in [0.3, 0.4) is 0 Å². The Morgan fingerprint density at radius 1 is 1.16 bits per heavy atom. The summed E-state index contributed by atoms with van der Waals surface area (Å²) in [4.78, 5) is 16.7. The summed E-state index contributed by atoms with van der Waals surface area (Å²) in [6.07, 6.45) is 0. The van der Waals surface area contributed by atoms with Gasteiger partial charge in [0, 0.05) is 5.56 Å². The highest BCUT2D eigenvalue weighted by atomic mass is 16.6. The molecule has 0 atom stereocenters. The van der Waals surface area contributed by atoms with Crippen LogP contribution in [0.25, 0.3) is 0 Å². The fourth-order valence-electron chi connectivity index (χ4n) is 1.44. The second kappa shape index (κ2) is 6.56. The van der Waals surface area contributed by atoms with Crippen LogP contribution in [0.5, 0.6) is 5.75 Å². The number of carbonyl (C=O) groups excluding carboxylic acids is 1. The Labute approximate surface area is 114 Å².